The van der Waals surface area contributed by atoms with E-state index in [2.05, 4.69) is 0 Å². The Kier molecular flexibility index (Phi) is 2.44. The van der Waals surface area contributed by atoms with E-state index in [1.165, 1.54) is 6.42 Å². The highest BCUT2D eigenvalue weighted by Crippen LogP contribution is 2.46. The fraction of sp³-hybridized carbons (Fsp3) is 0.818. The molecule has 2 N–H and O–H groups in total. The topological polar surface area (TPSA) is 69.4 Å². The van der Waals surface area contributed by atoms with Crippen LogP contribution in [0.3, 0.4) is 0 Å². The van der Waals surface area contributed by atoms with E-state index in [9.17, 15) is 9.59 Å². The third kappa shape index (κ3) is 1.52. The van der Waals surface area contributed by atoms with Crippen molar-refractivity contribution in [3.8, 4) is 0 Å². The zero-order valence-corrected chi connectivity index (χ0v) is 8.99. The van der Waals surface area contributed by atoms with Crippen LogP contribution in [0.15, 0.2) is 0 Å². The summed E-state index contributed by atoms with van der Waals surface area (Å²) in [7, 11) is 0. The standard InChI is InChI=1S/C11H17NO3/c1-7-8(9(12)13)10(14)15-11(7)5-3-2-4-6-11/h7-8H,2-6H2,1H3,(H2,12,13)/t7-,8-/m0/s1. The molecule has 2 fully saturated rings. The zero-order chi connectivity index (χ0) is 11.1. The van der Waals surface area contributed by atoms with Gasteiger partial charge in [0.25, 0.3) is 0 Å². The molecule has 0 unspecified atom stereocenters. The molecule has 2 rings (SSSR count). The van der Waals surface area contributed by atoms with Gasteiger partial charge in [0.2, 0.25) is 5.91 Å². The molecule has 0 aromatic carbocycles. The van der Waals surface area contributed by atoms with Gasteiger partial charge in [-0.25, -0.2) is 0 Å². The molecule has 4 heteroatoms. The lowest BCUT2D eigenvalue weighted by molar-refractivity contribution is -0.154. The fourth-order valence-corrected chi connectivity index (χ4v) is 2.93. The Bertz CT molecular complexity index is 294. The summed E-state index contributed by atoms with van der Waals surface area (Å²) in [6.45, 7) is 1.91. The van der Waals surface area contributed by atoms with Gasteiger partial charge in [-0.1, -0.05) is 13.3 Å². The highest BCUT2D eigenvalue weighted by Gasteiger charge is 2.55. The van der Waals surface area contributed by atoms with Crippen LogP contribution < -0.4 is 5.73 Å². The molecule has 1 saturated heterocycles. The highest BCUT2D eigenvalue weighted by atomic mass is 16.6. The van der Waals surface area contributed by atoms with E-state index >= 15 is 0 Å². The Morgan fingerprint density at radius 2 is 2.00 bits per heavy atom. The van der Waals surface area contributed by atoms with Crippen molar-refractivity contribution in [1.82, 2.24) is 0 Å². The van der Waals surface area contributed by atoms with E-state index in [1.807, 2.05) is 6.92 Å². The van der Waals surface area contributed by atoms with Crippen molar-refractivity contribution in [3.63, 3.8) is 0 Å². The van der Waals surface area contributed by atoms with Gasteiger partial charge in [-0.2, -0.15) is 0 Å². The molecule has 1 spiro atoms. The first kappa shape index (κ1) is 10.5. The summed E-state index contributed by atoms with van der Waals surface area (Å²) in [5, 5.41) is 0. The van der Waals surface area contributed by atoms with Crippen LogP contribution in [-0.4, -0.2) is 17.5 Å². The van der Waals surface area contributed by atoms with Gasteiger partial charge in [-0.3, -0.25) is 9.59 Å². The summed E-state index contributed by atoms with van der Waals surface area (Å²) in [6.07, 6.45) is 5.09. The lowest BCUT2D eigenvalue weighted by Gasteiger charge is -2.35. The Balaban J connectivity index is 2.23. The van der Waals surface area contributed by atoms with Crippen molar-refractivity contribution in [2.45, 2.75) is 44.6 Å². The van der Waals surface area contributed by atoms with E-state index in [-0.39, 0.29) is 5.92 Å². The Hall–Kier alpha value is -1.06. The maximum absolute atomic E-state index is 11.6. The molecule has 0 aromatic rings. The van der Waals surface area contributed by atoms with Crippen molar-refractivity contribution in [3.05, 3.63) is 0 Å². The number of carbonyl (C=O) groups excluding carboxylic acids is 2. The first-order valence-corrected chi connectivity index (χ1v) is 5.59. The minimum absolute atomic E-state index is 0.0669. The number of nitrogens with two attached hydrogens (primary N) is 1. The summed E-state index contributed by atoms with van der Waals surface area (Å²) in [5.41, 5.74) is 4.83. The van der Waals surface area contributed by atoms with Gasteiger partial charge in [0.1, 0.15) is 11.5 Å². The van der Waals surface area contributed by atoms with Crippen LogP contribution >= 0.6 is 0 Å². The van der Waals surface area contributed by atoms with E-state index in [4.69, 9.17) is 10.5 Å². The summed E-state index contributed by atoms with van der Waals surface area (Å²) < 4.78 is 5.44. The quantitative estimate of drug-likeness (QED) is 0.519. The highest BCUT2D eigenvalue weighted by molar-refractivity contribution is 5.99. The van der Waals surface area contributed by atoms with Crippen LogP contribution in [0.4, 0.5) is 0 Å². The van der Waals surface area contributed by atoms with Crippen molar-refractivity contribution in [2.24, 2.45) is 17.6 Å². The van der Waals surface area contributed by atoms with Gasteiger partial charge < -0.3 is 10.5 Å². The summed E-state index contributed by atoms with van der Waals surface area (Å²) in [4.78, 5) is 22.7. The molecule has 1 heterocycles. The van der Waals surface area contributed by atoms with Crippen molar-refractivity contribution < 1.29 is 14.3 Å². The third-order valence-corrected chi connectivity index (χ3v) is 3.89. The van der Waals surface area contributed by atoms with Crippen LogP contribution in [0.2, 0.25) is 0 Å². The predicted molar refractivity (Wildman–Crippen MR) is 53.8 cm³/mol. The van der Waals surface area contributed by atoms with E-state index < -0.39 is 23.4 Å². The SMILES string of the molecule is C[C@H]1[C@@H](C(N)=O)C(=O)OC12CCCCC2. The molecule has 0 bridgehead atoms. The van der Waals surface area contributed by atoms with E-state index in [1.54, 1.807) is 0 Å². The maximum atomic E-state index is 11.6. The molecule has 1 aliphatic carbocycles. The summed E-state index contributed by atoms with van der Waals surface area (Å²) in [5.74, 6) is -1.77. The van der Waals surface area contributed by atoms with Crippen LogP contribution in [-0.2, 0) is 14.3 Å². The number of ether oxygens (including phenoxy) is 1. The maximum Gasteiger partial charge on any atom is 0.319 e. The average molecular weight is 211 g/mol. The molecule has 0 aromatic heterocycles. The molecular formula is C11H17NO3. The van der Waals surface area contributed by atoms with Crippen LogP contribution in [0, 0.1) is 11.8 Å². The zero-order valence-electron chi connectivity index (χ0n) is 8.99. The molecule has 84 valence electrons. The first-order valence-electron chi connectivity index (χ1n) is 5.59. The number of carbonyl (C=O) groups is 2. The number of rotatable bonds is 1. The van der Waals surface area contributed by atoms with Crippen molar-refractivity contribution in [1.29, 1.82) is 0 Å². The van der Waals surface area contributed by atoms with Gasteiger partial charge in [-0.05, 0) is 25.7 Å². The fourth-order valence-electron chi connectivity index (χ4n) is 2.93. The van der Waals surface area contributed by atoms with Crippen molar-refractivity contribution in [2.75, 3.05) is 0 Å². The minimum atomic E-state index is -0.733. The van der Waals surface area contributed by atoms with Crippen LogP contribution in [0.5, 0.6) is 0 Å². The van der Waals surface area contributed by atoms with Crippen LogP contribution in [0.25, 0.3) is 0 Å². The van der Waals surface area contributed by atoms with Crippen molar-refractivity contribution >= 4 is 11.9 Å². The molecule has 15 heavy (non-hydrogen) atoms. The molecule has 4 nitrogen and oxygen atoms in total. The number of esters is 1. The lowest BCUT2D eigenvalue weighted by atomic mass is 9.73. The predicted octanol–water partition coefficient (Wildman–Crippen LogP) is 0.984. The first-order chi connectivity index (χ1) is 7.07. The third-order valence-electron chi connectivity index (χ3n) is 3.89. The second-order valence-electron chi connectivity index (χ2n) is 4.72. The molecule has 1 amide bonds. The number of primary amides is 1. The van der Waals surface area contributed by atoms with E-state index in [0.29, 0.717) is 0 Å². The molecule has 1 aliphatic heterocycles. The minimum Gasteiger partial charge on any atom is -0.458 e. The molecule has 0 radical (unpaired) electrons. The molecule has 2 atom stereocenters. The number of amides is 1. The monoisotopic (exact) mass is 211 g/mol. The van der Waals surface area contributed by atoms with Gasteiger partial charge >= 0.3 is 5.97 Å². The van der Waals surface area contributed by atoms with Gasteiger partial charge in [0.05, 0.1) is 0 Å². The Morgan fingerprint density at radius 1 is 1.40 bits per heavy atom. The Labute approximate surface area is 89.2 Å². The largest absolute Gasteiger partial charge is 0.458 e. The van der Waals surface area contributed by atoms with Gasteiger partial charge in [-0.15, -0.1) is 0 Å². The number of hydrogen-bond acceptors (Lipinski definition) is 3. The summed E-state index contributed by atoms with van der Waals surface area (Å²) >= 11 is 0. The molecule has 2 aliphatic rings. The number of hydrogen-bond donors (Lipinski definition) is 1. The molecular weight excluding hydrogens is 194 g/mol. The summed E-state index contributed by atoms with van der Waals surface area (Å²) in [6, 6.07) is 0. The average Bonchev–Trinajstić information content (AvgIpc) is 2.40. The second kappa shape index (κ2) is 3.51. The molecule has 1 saturated carbocycles. The normalized spacial score (nSPS) is 34.1. The van der Waals surface area contributed by atoms with Gasteiger partial charge in [0, 0.05) is 5.92 Å². The lowest BCUT2D eigenvalue weighted by Crippen LogP contribution is -2.39. The van der Waals surface area contributed by atoms with Gasteiger partial charge in [0.15, 0.2) is 0 Å². The van der Waals surface area contributed by atoms with E-state index in [0.717, 1.165) is 25.7 Å². The van der Waals surface area contributed by atoms with Crippen LogP contribution in [0.1, 0.15) is 39.0 Å². The Morgan fingerprint density at radius 3 is 2.47 bits per heavy atom. The second-order valence-corrected chi connectivity index (χ2v) is 4.72. The smallest absolute Gasteiger partial charge is 0.319 e.